The number of nitroso groups, excluding NO2 is 1. The van der Waals surface area contributed by atoms with Gasteiger partial charge in [-0.1, -0.05) is 0 Å². The number of H-pyrrole nitrogens is 1. The molecule has 29 heavy (non-hydrogen) atoms. The fourth-order valence-corrected chi connectivity index (χ4v) is 3.89. The van der Waals surface area contributed by atoms with E-state index in [1.807, 2.05) is 6.07 Å². The SMILES string of the molecule is Cc1c(CC(=O)NC(C)C2C(F)CC(C#N)C[N+]2=O)c(=O)[nH]c2ccc(F)cc12. The average molecular weight is 403 g/mol. The predicted octanol–water partition coefficient (Wildman–Crippen LogP) is 2.05. The van der Waals surface area contributed by atoms with Crippen LogP contribution in [0, 0.1) is 34.9 Å². The van der Waals surface area contributed by atoms with Gasteiger partial charge in [0.25, 0.3) is 11.6 Å². The Hall–Kier alpha value is -3.15. The number of amides is 1. The zero-order valence-corrected chi connectivity index (χ0v) is 16.0. The first-order chi connectivity index (χ1) is 13.7. The number of nitriles is 1. The largest absolute Gasteiger partial charge is 0.346 e. The summed E-state index contributed by atoms with van der Waals surface area (Å²) in [4.78, 5) is 39.6. The molecule has 2 N–H and O–H groups in total. The number of aromatic amines is 1. The first-order valence-electron chi connectivity index (χ1n) is 9.29. The Kier molecular flexibility index (Phi) is 5.73. The summed E-state index contributed by atoms with van der Waals surface area (Å²) in [6.45, 7) is 3.03. The molecule has 4 atom stereocenters. The van der Waals surface area contributed by atoms with Crippen LogP contribution >= 0.6 is 0 Å². The average Bonchev–Trinajstić information content (AvgIpc) is 2.65. The van der Waals surface area contributed by atoms with Crippen molar-refractivity contribution in [1.29, 1.82) is 5.26 Å². The second kappa shape index (κ2) is 8.07. The molecule has 4 unspecified atom stereocenters. The molecular formula is C20H21F2N4O3+. The molecule has 3 rings (SSSR count). The molecule has 1 aliphatic heterocycles. The van der Waals surface area contributed by atoms with Crippen LogP contribution in [0.15, 0.2) is 23.0 Å². The number of carbonyl (C=O) groups is 1. The summed E-state index contributed by atoms with van der Waals surface area (Å²) >= 11 is 0. The van der Waals surface area contributed by atoms with Crippen LogP contribution < -0.4 is 10.9 Å². The van der Waals surface area contributed by atoms with Crippen LogP contribution in [-0.2, 0) is 11.2 Å². The Labute approximate surface area is 165 Å². The number of hydrogen-bond donors (Lipinski definition) is 2. The van der Waals surface area contributed by atoms with Crippen molar-refractivity contribution in [2.45, 2.75) is 44.9 Å². The van der Waals surface area contributed by atoms with Gasteiger partial charge < -0.3 is 10.3 Å². The highest BCUT2D eigenvalue weighted by atomic mass is 19.1. The first kappa shape index (κ1) is 20.6. The molecule has 9 heteroatoms. The maximum atomic E-state index is 14.4. The third-order valence-electron chi connectivity index (χ3n) is 5.39. The van der Waals surface area contributed by atoms with E-state index in [0.717, 1.165) is 0 Å². The van der Waals surface area contributed by atoms with Crippen molar-refractivity contribution in [3.05, 3.63) is 50.4 Å². The van der Waals surface area contributed by atoms with E-state index < -0.39 is 41.5 Å². The molecule has 0 bridgehead atoms. The van der Waals surface area contributed by atoms with Gasteiger partial charge in [0.1, 0.15) is 11.7 Å². The second-order valence-electron chi connectivity index (χ2n) is 7.45. The lowest BCUT2D eigenvalue weighted by molar-refractivity contribution is -0.610. The number of nitrogens with zero attached hydrogens (tertiary/aromatic N) is 2. The molecule has 1 aliphatic rings. The molecule has 0 saturated carbocycles. The topological polar surface area (TPSA) is 106 Å². The zero-order valence-electron chi connectivity index (χ0n) is 16.0. The number of halogens is 2. The molecule has 2 heterocycles. The number of nitrogens with one attached hydrogen (secondary N) is 2. The number of fused-ring (bicyclic) bond motifs is 1. The number of aromatic nitrogens is 1. The number of rotatable bonds is 4. The zero-order chi connectivity index (χ0) is 21.3. The number of pyridine rings is 1. The van der Waals surface area contributed by atoms with E-state index in [-0.39, 0.29) is 24.9 Å². The third kappa shape index (κ3) is 4.16. The van der Waals surface area contributed by atoms with Crippen molar-refractivity contribution < 1.29 is 18.3 Å². The van der Waals surface area contributed by atoms with Gasteiger partial charge in [0.15, 0.2) is 6.17 Å². The summed E-state index contributed by atoms with van der Waals surface area (Å²) < 4.78 is 28.4. The summed E-state index contributed by atoms with van der Waals surface area (Å²) in [5.41, 5.74) is 0.655. The van der Waals surface area contributed by atoms with Gasteiger partial charge in [-0.25, -0.2) is 8.78 Å². The Morgan fingerprint density at radius 1 is 1.48 bits per heavy atom. The fraction of sp³-hybridized carbons (Fsp3) is 0.450. The van der Waals surface area contributed by atoms with E-state index in [4.69, 9.17) is 5.26 Å². The highest BCUT2D eigenvalue weighted by molar-refractivity contribution is 5.85. The molecule has 1 aromatic carbocycles. The Bertz CT molecular complexity index is 1080. The lowest BCUT2D eigenvalue weighted by Crippen LogP contribution is -2.55. The highest BCUT2D eigenvalue weighted by Crippen LogP contribution is 2.24. The van der Waals surface area contributed by atoms with Gasteiger partial charge in [0, 0.05) is 32.6 Å². The first-order valence-corrected chi connectivity index (χ1v) is 9.29. The number of piperidine rings is 1. The lowest BCUT2D eigenvalue weighted by Gasteiger charge is -2.26. The lowest BCUT2D eigenvalue weighted by atomic mass is 9.90. The van der Waals surface area contributed by atoms with Gasteiger partial charge in [0.2, 0.25) is 12.5 Å². The minimum Gasteiger partial charge on any atom is -0.346 e. The van der Waals surface area contributed by atoms with Gasteiger partial charge in [-0.15, -0.1) is 0 Å². The van der Waals surface area contributed by atoms with Crippen LogP contribution in [0.25, 0.3) is 10.9 Å². The maximum Gasteiger partial charge on any atom is 0.252 e. The van der Waals surface area contributed by atoms with E-state index >= 15 is 0 Å². The van der Waals surface area contributed by atoms with Crippen LogP contribution in [0.5, 0.6) is 0 Å². The minimum absolute atomic E-state index is 0.0604. The van der Waals surface area contributed by atoms with Crippen molar-refractivity contribution in [2.75, 3.05) is 6.54 Å². The van der Waals surface area contributed by atoms with Crippen molar-refractivity contribution in [1.82, 2.24) is 10.3 Å². The molecule has 1 saturated heterocycles. The standard InChI is InChI=1S/C20H20F2N4O3/c1-10-14-6-13(21)3-4-17(14)25-20(28)15(10)7-18(27)24-11(2)19-16(22)5-12(8-23)9-26(19)29/h3-4,6,11-12,16,19H,5,7,9H2,1-2H3,(H-,24,25,27,28)/p+1. The smallest absolute Gasteiger partial charge is 0.252 e. The Morgan fingerprint density at radius 2 is 2.21 bits per heavy atom. The summed E-state index contributed by atoms with van der Waals surface area (Å²) in [7, 11) is 0. The van der Waals surface area contributed by atoms with Gasteiger partial charge in [-0.2, -0.15) is 5.26 Å². The third-order valence-corrected chi connectivity index (χ3v) is 5.39. The van der Waals surface area contributed by atoms with E-state index in [1.165, 1.54) is 25.1 Å². The summed E-state index contributed by atoms with van der Waals surface area (Å²) in [5, 5.41) is 12.0. The van der Waals surface area contributed by atoms with E-state index in [1.54, 1.807) is 6.92 Å². The second-order valence-corrected chi connectivity index (χ2v) is 7.45. The van der Waals surface area contributed by atoms with Crippen molar-refractivity contribution in [2.24, 2.45) is 5.92 Å². The molecule has 0 radical (unpaired) electrons. The molecule has 152 valence electrons. The van der Waals surface area contributed by atoms with Crippen LogP contribution in [0.1, 0.15) is 24.5 Å². The van der Waals surface area contributed by atoms with E-state index in [0.29, 0.717) is 21.2 Å². The molecule has 2 aromatic rings. The van der Waals surface area contributed by atoms with E-state index in [9.17, 15) is 23.3 Å². The highest BCUT2D eigenvalue weighted by Gasteiger charge is 2.47. The van der Waals surface area contributed by atoms with Crippen molar-refractivity contribution >= 4 is 16.8 Å². The molecule has 0 aliphatic carbocycles. The van der Waals surface area contributed by atoms with E-state index in [2.05, 4.69) is 10.3 Å². The van der Waals surface area contributed by atoms with Gasteiger partial charge >= 0.3 is 0 Å². The molecule has 7 nitrogen and oxygen atoms in total. The molecule has 0 spiro atoms. The molecule has 1 amide bonds. The quantitative estimate of drug-likeness (QED) is 0.762. The van der Waals surface area contributed by atoms with Gasteiger partial charge in [-0.3, -0.25) is 9.59 Å². The normalized spacial score (nSPS) is 22.9. The Morgan fingerprint density at radius 3 is 2.86 bits per heavy atom. The molecular weight excluding hydrogens is 382 g/mol. The summed E-state index contributed by atoms with van der Waals surface area (Å²) in [6, 6.07) is 3.94. The number of aryl methyl sites for hydroxylation is 1. The number of benzene rings is 1. The van der Waals surface area contributed by atoms with Crippen molar-refractivity contribution in [3.8, 4) is 6.07 Å². The van der Waals surface area contributed by atoms with Crippen LogP contribution in [0.3, 0.4) is 0 Å². The number of hydrogen-bond acceptors (Lipinski definition) is 4. The monoisotopic (exact) mass is 403 g/mol. The minimum atomic E-state index is -1.55. The van der Waals surface area contributed by atoms with Crippen LogP contribution in [0.4, 0.5) is 8.78 Å². The summed E-state index contributed by atoms with van der Waals surface area (Å²) in [5.74, 6) is -1.69. The van der Waals surface area contributed by atoms with Crippen LogP contribution in [0.2, 0.25) is 0 Å². The fourth-order valence-electron chi connectivity index (χ4n) is 3.89. The van der Waals surface area contributed by atoms with Gasteiger partial charge in [-0.05, 0) is 37.6 Å². The van der Waals surface area contributed by atoms with Crippen LogP contribution in [-0.4, -0.2) is 40.5 Å². The Balaban J connectivity index is 1.76. The molecule has 1 fully saturated rings. The molecule has 1 aromatic heterocycles. The summed E-state index contributed by atoms with van der Waals surface area (Å²) in [6.07, 6.45) is -1.90. The van der Waals surface area contributed by atoms with Crippen molar-refractivity contribution in [3.63, 3.8) is 0 Å². The number of carbonyl (C=O) groups excluding carboxylic acids is 1. The maximum absolute atomic E-state index is 14.4. The predicted molar refractivity (Wildman–Crippen MR) is 101 cm³/mol. The van der Waals surface area contributed by atoms with Gasteiger partial charge in [0.05, 0.1) is 18.5 Å². The number of alkyl halides is 1.